The van der Waals surface area contributed by atoms with Crippen molar-refractivity contribution < 1.29 is 14.5 Å². The topological polar surface area (TPSA) is 128 Å². The van der Waals surface area contributed by atoms with Gasteiger partial charge in [-0.1, -0.05) is 0 Å². The van der Waals surface area contributed by atoms with Crippen molar-refractivity contribution in [2.45, 2.75) is 20.4 Å². The van der Waals surface area contributed by atoms with Crippen LogP contribution in [0.25, 0.3) is 0 Å². The Morgan fingerprint density at radius 3 is 2.95 bits per heavy atom. The number of anilines is 1. The van der Waals surface area contributed by atoms with Crippen LogP contribution in [0.4, 0.5) is 11.6 Å². The van der Waals surface area contributed by atoms with Crippen LogP contribution in [0.15, 0.2) is 12.3 Å². The van der Waals surface area contributed by atoms with Gasteiger partial charge in [0.25, 0.3) is 11.6 Å². The molecule has 0 radical (unpaired) electrons. The van der Waals surface area contributed by atoms with E-state index in [0.29, 0.717) is 13.2 Å². The van der Waals surface area contributed by atoms with Gasteiger partial charge in [0.2, 0.25) is 5.95 Å². The standard InChI is InChI=1S/C11H14N6O4/c1-3-16-6-7(17(19)20)5-8(16)9(18)12-10-13-11(15-14-10)21-4-2/h5-6H,3-4H2,1-2H3,(H2,12,13,14,15,18). The molecular formula is C11H14N6O4. The summed E-state index contributed by atoms with van der Waals surface area (Å²) in [5, 5.41) is 19.5. The minimum absolute atomic E-state index is 0.106. The number of H-pyrrole nitrogens is 1. The van der Waals surface area contributed by atoms with Crippen LogP contribution in [0.5, 0.6) is 6.01 Å². The molecule has 2 rings (SSSR count). The number of aromatic amines is 1. The fourth-order valence-corrected chi connectivity index (χ4v) is 1.71. The summed E-state index contributed by atoms with van der Waals surface area (Å²) >= 11 is 0. The van der Waals surface area contributed by atoms with Crippen LogP contribution in [0.3, 0.4) is 0 Å². The van der Waals surface area contributed by atoms with Crippen molar-refractivity contribution in [3.63, 3.8) is 0 Å². The molecule has 0 aliphatic rings. The van der Waals surface area contributed by atoms with Gasteiger partial charge in [0.05, 0.1) is 17.7 Å². The lowest BCUT2D eigenvalue weighted by atomic mass is 10.4. The Hall–Kier alpha value is -2.91. The summed E-state index contributed by atoms with van der Waals surface area (Å²) in [6.07, 6.45) is 1.31. The Labute approximate surface area is 119 Å². The smallest absolute Gasteiger partial charge is 0.337 e. The fraction of sp³-hybridized carbons (Fsp3) is 0.364. The van der Waals surface area contributed by atoms with Gasteiger partial charge in [-0.15, -0.1) is 5.10 Å². The Morgan fingerprint density at radius 2 is 2.33 bits per heavy atom. The van der Waals surface area contributed by atoms with Crippen molar-refractivity contribution in [3.8, 4) is 6.01 Å². The lowest BCUT2D eigenvalue weighted by Gasteiger charge is -2.04. The molecule has 2 N–H and O–H groups in total. The molecule has 0 aliphatic carbocycles. The SMILES string of the molecule is CCOc1n[nH]c(NC(=O)c2cc([N+](=O)[O-])cn2CC)n1. The second-order valence-electron chi connectivity index (χ2n) is 3.98. The van der Waals surface area contributed by atoms with E-state index in [-0.39, 0.29) is 23.3 Å². The fourth-order valence-electron chi connectivity index (χ4n) is 1.71. The summed E-state index contributed by atoms with van der Waals surface area (Å²) < 4.78 is 6.53. The summed E-state index contributed by atoms with van der Waals surface area (Å²) in [5.74, 6) is -0.417. The summed E-state index contributed by atoms with van der Waals surface area (Å²) in [4.78, 5) is 26.2. The van der Waals surface area contributed by atoms with Crippen LogP contribution in [-0.4, -0.2) is 37.2 Å². The Bertz CT molecular complexity index is 661. The zero-order chi connectivity index (χ0) is 15.4. The summed E-state index contributed by atoms with van der Waals surface area (Å²) in [6, 6.07) is 1.32. The molecule has 0 saturated heterocycles. The molecule has 2 heterocycles. The average Bonchev–Trinajstić information content (AvgIpc) is 3.05. The quantitative estimate of drug-likeness (QED) is 0.608. The predicted octanol–water partition coefficient (Wildman–Crippen LogP) is 1.19. The highest BCUT2D eigenvalue weighted by atomic mass is 16.6. The monoisotopic (exact) mass is 294 g/mol. The van der Waals surface area contributed by atoms with Gasteiger partial charge in [0.15, 0.2) is 0 Å². The highest BCUT2D eigenvalue weighted by Crippen LogP contribution is 2.17. The maximum Gasteiger partial charge on any atom is 0.337 e. The molecule has 0 atom stereocenters. The van der Waals surface area contributed by atoms with Gasteiger partial charge in [-0.3, -0.25) is 20.2 Å². The molecular weight excluding hydrogens is 280 g/mol. The first kappa shape index (κ1) is 14.5. The number of nitro groups is 1. The number of hydrogen-bond acceptors (Lipinski definition) is 6. The van der Waals surface area contributed by atoms with Gasteiger partial charge in [0.1, 0.15) is 5.69 Å². The Kier molecular flexibility index (Phi) is 4.16. The third-order valence-electron chi connectivity index (χ3n) is 2.64. The largest absolute Gasteiger partial charge is 0.463 e. The predicted molar refractivity (Wildman–Crippen MR) is 72.3 cm³/mol. The van der Waals surface area contributed by atoms with E-state index in [0.717, 1.165) is 0 Å². The van der Waals surface area contributed by atoms with E-state index in [9.17, 15) is 14.9 Å². The molecule has 10 nitrogen and oxygen atoms in total. The Morgan fingerprint density at radius 1 is 1.57 bits per heavy atom. The molecule has 112 valence electrons. The first-order chi connectivity index (χ1) is 10.0. The van der Waals surface area contributed by atoms with E-state index in [4.69, 9.17) is 4.74 Å². The molecule has 0 bridgehead atoms. The lowest BCUT2D eigenvalue weighted by molar-refractivity contribution is -0.384. The van der Waals surface area contributed by atoms with Gasteiger partial charge in [-0.05, 0) is 13.8 Å². The molecule has 0 aromatic carbocycles. The number of rotatable bonds is 6. The number of hydrogen-bond donors (Lipinski definition) is 2. The molecule has 10 heteroatoms. The summed E-state index contributed by atoms with van der Waals surface area (Å²) in [6.45, 7) is 4.39. The number of nitrogens with zero attached hydrogens (tertiary/aromatic N) is 4. The summed E-state index contributed by atoms with van der Waals surface area (Å²) in [7, 11) is 0. The number of aromatic nitrogens is 4. The molecule has 0 fully saturated rings. The molecule has 0 aliphatic heterocycles. The lowest BCUT2D eigenvalue weighted by Crippen LogP contribution is -2.17. The number of nitrogens with one attached hydrogen (secondary N) is 2. The zero-order valence-electron chi connectivity index (χ0n) is 11.5. The van der Waals surface area contributed by atoms with E-state index in [1.807, 2.05) is 0 Å². The normalized spacial score (nSPS) is 10.4. The van der Waals surface area contributed by atoms with E-state index in [1.165, 1.54) is 16.8 Å². The number of carbonyl (C=O) groups excluding carboxylic acids is 1. The second kappa shape index (κ2) is 6.03. The number of amides is 1. The van der Waals surface area contributed by atoms with Gasteiger partial charge < -0.3 is 9.30 Å². The van der Waals surface area contributed by atoms with Gasteiger partial charge >= 0.3 is 6.01 Å². The van der Waals surface area contributed by atoms with Crippen LogP contribution in [-0.2, 0) is 6.54 Å². The molecule has 0 unspecified atom stereocenters. The van der Waals surface area contributed by atoms with Crippen LogP contribution in [0.1, 0.15) is 24.3 Å². The second-order valence-corrected chi connectivity index (χ2v) is 3.98. The van der Waals surface area contributed by atoms with Crippen molar-refractivity contribution >= 4 is 17.5 Å². The van der Waals surface area contributed by atoms with E-state index < -0.39 is 10.8 Å². The minimum atomic E-state index is -0.551. The van der Waals surface area contributed by atoms with Gasteiger partial charge in [-0.25, -0.2) is 5.10 Å². The number of carbonyl (C=O) groups is 1. The third kappa shape index (κ3) is 3.16. The Balaban J connectivity index is 2.17. The zero-order valence-corrected chi connectivity index (χ0v) is 11.5. The maximum absolute atomic E-state index is 12.1. The number of ether oxygens (including phenoxy) is 1. The highest BCUT2D eigenvalue weighted by molar-refractivity contribution is 6.02. The third-order valence-corrected chi connectivity index (χ3v) is 2.64. The van der Waals surface area contributed by atoms with Crippen molar-refractivity contribution in [1.29, 1.82) is 0 Å². The van der Waals surface area contributed by atoms with Crippen molar-refractivity contribution in [2.75, 3.05) is 11.9 Å². The van der Waals surface area contributed by atoms with Crippen LogP contribution in [0, 0.1) is 10.1 Å². The first-order valence-corrected chi connectivity index (χ1v) is 6.26. The van der Waals surface area contributed by atoms with Crippen molar-refractivity contribution in [3.05, 3.63) is 28.1 Å². The summed E-state index contributed by atoms with van der Waals surface area (Å²) in [5.41, 5.74) is 0.0214. The van der Waals surface area contributed by atoms with E-state index in [2.05, 4.69) is 20.5 Å². The van der Waals surface area contributed by atoms with E-state index in [1.54, 1.807) is 13.8 Å². The first-order valence-electron chi connectivity index (χ1n) is 6.26. The minimum Gasteiger partial charge on any atom is -0.463 e. The molecule has 2 aromatic heterocycles. The van der Waals surface area contributed by atoms with E-state index >= 15 is 0 Å². The average molecular weight is 294 g/mol. The molecule has 2 aromatic rings. The molecule has 21 heavy (non-hydrogen) atoms. The highest BCUT2D eigenvalue weighted by Gasteiger charge is 2.19. The van der Waals surface area contributed by atoms with Crippen molar-refractivity contribution in [1.82, 2.24) is 19.7 Å². The molecule has 0 saturated carbocycles. The molecule has 1 amide bonds. The molecule has 0 spiro atoms. The van der Waals surface area contributed by atoms with Crippen LogP contribution >= 0.6 is 0 Å². The van der Waals surface area contributed by atoms with Gasteiger partial charge in [-0.2, -0.15) is 4.98 Å². The maximum atomic E-state index is 12.1. The van der Waals surface area contributed by atoms with Crippen LogP contribution in [0.2, 0.25) is 0 Å². The van der Waals surface area contributed by atoms with Crippen LogP contribution < -0.4 is 10.1 Å². The number of aryl methyl sites for hydroxylation is 1. The van der Waals surface area contributed by atoms with Crippen molar-refractivity contribution in [2.24, 2.45) is 0 Å². The van der Waals surface area contributed by atoms with Gasteiger partial charge in [0, 0.05) is 12.6 Å².